The Morgan fingerprint density at radius 2 is 1.94 bits per heavy atom. The molecule has 0 aliphatic carbocycles. The number of aromatic nitrogens is 1. The SMILES string of the molecule is N#CC(Cc1ccccn1)c1ccc(Br)cc1. The van der Waals surface area contributed by atoms with Crippen LogP contribution in [-0.4, -0.2) is 4.98 Å². The summed E-state index contributed by atoms with van der Waals surface area (Å²) in [5.41, 5.74) is 1.98. The molecule has 0 saturated carbocycles. The van der Waals surface area contributed by atoms with Crippen LogP contribution in [0.5, 0.6) is 0 Å². The van der Waals surface area contributed by atoms with Crippen molar-refractivity contribution in [3.8, 4) is 6.07 Å². The minimum atomic E-state index is -0.141. The Morgan fingerprint density at radius 3 is 2.53 bits per heavy atom. The van der Waals surface area contributed by atoms with Crippen molar-refractivity contribution >= 4 is 15.9 Å². The van der Waals surface area contributed by atoms with E-state index in [1.165, 1.54) is 0 Å². The number of nitriles is 1. The van der Waals surface area contributed by atoms with E-state index in [2.05, 4.69) is 27.0 Å². The normalized spacial score (nSPS) is 11.8. The molecule has 1 aromatic heterocycles. The van der Waals surface area contributed by atoms with Gasteiger partial charge in [0, 0.05) is 22.8 Å². The van der Waals surface area contributed by atoms with Crippen molar-refractivity contribution in [2.24, 2.45) is 0 Å². The van der Waals surface area contributed by atoms with E-state index in [4.69, 9.17) is 0 Å². The first kappa shape index (κ1) is 11.8. The smallest absolute Gasteiger partial charge is 0.0768 e. The van der Waals surface area contributed by atoms with Crippen LogP contribution in [-0.2, 0) is 6.42 Å². The van der Waals surface area contributed by atoms with E-state index in [9.17, 15) is 5.26 Å². The largest absolute Gasteiger partial charge is 0.261 e. The van der Waals surface area contributed by atoms with Gasteiger partial charge in [-0.2, -0.15) is 5.26 Å². The molecule has 2 aromatic rings. The number of halogens is 1. The van der Waals surface area contributed by atoms with E-state index >= 15 is 0 Å². The Kier molecular flexibility index (Phi) is 3.89. The van der Waals surface area contributed by atoms with Gasteiger partial charge in [0.2, 0.25) is 0 Å². The standard InChI is InChI=1S/C14H11BrN2/c15-13-6-4-11(5-7-13)12(10-16)9-14-3-1-2-8-17-14/h1-8,12H,9H2. The molecule has 1 atom stereocenters. The minimum absolute atomic E-state index is 0.141. The Balaban J connectivity index is 2.18. The zero-order valence-corrected chi connectivity index (χ0v) is 10.8. The summed E-state index contributed by atoms with van der Waals surface area (Å²) in [6, 6.07) is 16.0. The summed E-state index contributed by atoms with van der Waals surface area (Å²) in [4.78, 5) is 4.25. The first-order chi connectivity index (χ1) is 8.29. The van der Waals surface area contributed by atoms with Crippen LogP contribution in [0.25, 0.3) is 0 Å². The number of hydrogen-bond donors (Lipinski definition) is 0. The highest BCUT2D eigenvalue weighted by atomic mass is 79.9. The van der Waals surface area contributed by atoms with E-state index in [-0.39, 0.29) is 5.92 Å². The molecule has 1 unspecified atom stereocenters. The van der Waals surface area contributed by atoms with Crippen LogP contribution in [0.3, 0.4) is 0 Å². The lowest BCUT2D eigenvalue weighted by molar-refractivity contribution is 0.821. The first-order valence-corrected chi connectivity index (χ1v) is 6.14. The molecule has 17 heavy (non-hydrogen) atoms. The van der Waals surface area contributed by atoms with Crippen LogP contribution in [0.15, 0.2) is 53.1 Å². The van der Waals surface area contributed by atoms with Crippen molar-refractivity contribution in [1.82, 2.24) is 4.98 Å². The van der Waals surface area contributed by atoms with Crippen LogP contribution in [0.1, 0.15) is 17.2 Å². The molecule has 2 rings (SSSR count). The fourth-order valence-corrected chi connectivity index (χ4v) is 1.93. The fourth-order valence-electron chi connectivity index (χ4n) is 1.66. The van der Waals surface area contributed by atoms with E-state index < -0.39 is 0 Å². The van der Waals surface area contributed by atoms with Gasteiger partial charge < -0.3 is 0 Å². The number of nitrogens with zero attached hydrogens (tertiary/aromatic N) is 2. The van der Waals surface area contributed by atoms with Gasteiger partial charge in [0.15, 0.2) is 0 Å². The molecule has 3 heteroatoms. The van der Waals surface area contributed by atoms with Gasteiger partial charge in [0.25, 0.3) is 0 Å². The summed E-state index contributed by atoms with van der Waals surface area (Å²) in [7, 11) is 0. The molecular weight excluding hydrogens is 276 g/mol. The average Bonchev–Trinajstić information content (AvgIpc) is 2.38. The van der Waals surface area contributed by atoms with Crippen LogP contribution >= 0.6 is 15.9 Å². The molecule has 2 nitrogen and oxygen atoms in total. The zero-order valence-electron chi connectivity index (χ0n) is 9.18. The predicted molar refractivity (Wildman–Crippen MR) is 70.4 cm³/mol. The number of pyridine rings is 1. The lowest BCUT2D eigenvalue weighted by atomic mass is 9.95. The maximum absolute atomic E-state index is 9.22. The van der Waals surface area contributed by atoms with Gasteiger partial charge in [-0.1, -0.05) is 34.1 Å². The highest BCUT2D eigenvalue weighted by molar-refractivity contribution is 9.10. The van der Waals surface area contributed by atoms with Gasteiger partial charge in [-0.3, -0.25) is 4.98 Å². The number of rotatable bonds is 3. The number of benzene rings is 1. The second-order valence-electron chi connectivity index (χ2n) is 3.76. The maximum Gasteiger partial charge on any atom is 0.0768 e. The highest BCUT2D eigenvalue weighted by Gasteiger charge is 2.11. The third kappa shape index (κ3) is 3.15. The molecule has 0 aliphatic rings. The molecule has 0 fully saturated rings. The highest BCUT2D eigenvalue weighted by Crippen LogP contribution is 2.21. The van der Waals surface area contributed by atoms with E-state index in [1.54, 1.807) is 6.20 Å². The van der Waals surface area contributed by atoms with Gasteiger partial charge in [-0.05, 0) is 29.8 Å². The number of hydrogen-bond acceptors (Lipinski definition) is 2. The Bertz CT molecular complexity index is 514. The van der Waals surface area contributed by atoms with Crippen molar-refractivity contribution in [2.75, 3.05) is 0 Å². The van der Waals surface area contributed by atoms with Crippen molar-refractivity contribution in [3.05, 3.63) is 64.4 Å². The molecule has 84 valence electrons. The van der Waals surface area contributed by atoms with Crippen molar-refractivity contribution in [1.29, 1.82) is 5.26 Å². The second-order valence-corrected chi connectivity index (χ2v) is 4.67. The summed E-state index contributed by atoms with van der Waals surface area (Å²) in [6.07, 6.45) is 2.41. The van der Waals surface area contributed by atoms with Gasteiger partial charge in [0.05, 0.1) is 12.0 Å². The van der Waals surface area contributed by atoms with E-state index in [0.29, 0.717) is 6.42 Å². The van der Waals surface area contributed by atoms with Crippen LogP contribution in [0.2, 0.25) is 0 Å². The second kappa shape index (κ2) is 5.60. The molecule has 0 saturated heterocycles. The summed E-state index contributed by atoms with van der Waals surface area (Å²) < 4.78 is 1.02. The average molecular weight is 287 g/mol. The van der Waals surface area contributed by atoms with Crippen LogP contribution in [0.4, 0.5) is 0 Å². The molecule has 0 amide bonds. The van der Waals surface area contributed by atoms with Crippen molar-refractivity contribution in [3.63, 3.8) is 0 Å². The van der Waals surface area contributed by atoms with E-state index in [1.807, 2.05) is 42.5 Å². The van der Waals surface area contributed by atoms with Gasteiger partial charge in [-0.25, -0.2) is 0 Å². The van der Waals surface area contributed by atoms with Gasteiger partial charge >= 0.3 is 0 Å². The van der Waals surface area contributed by atoms with E-state index in [0.717, 1.165) is 15.7 Å². The molecule has 0 bridgehead atoms. The lowest BCUT2D eigenvalue weighted by Crippen LogP contribution is -2.01. The Labute approximate surface area is 109 Å². The summed E-state index contributed by atoms with van der Waals surface area (Å²) >= 11 is 3.39. The molecule has 0 N–H and O–H groups in total. The Hall–Kier alpha value is -1.66. The van der Waals surface area contributed by atoms with Crippen molar-refractivity contribution < 1.29 is 0 Å². The molecule has 1 heterocycles. The quantitative estimate of drug-likeness (QED) is 0.863. The molecular formula is C14H11BrN2. The zero-order chi connectivity index (χ0) is 12.1. The molecule has 1 aromatic carbocycles. The maximum atomic E-state index is 9.22. The minimum Gasteiger partial charge on any atom is -0.261 e. The molecule has 0 aliphatic heterocycles. The van der Waals surface area contributed by atoms with Crippen molar-refractivity contribution in [2.45, 2.75) is 12.3 Å². The lowest BCUT2D eigenvalue weighted by Gasteiger charge is -2.08. The summed E-state index contributed by atoms with van der Waals surface area (Å²) in [6.45, 7) is 0. The third-order valence-electron chi connectivity index (χ3n) is 2.57. The fraction of sp³-hybridized carbons (Fsp3) is 0.143. The first-order valence-electron chi connectivity index (χ1n) is 5.34. The predicted octanol–water partition coefficient (Wildman–Crippen LogP) is 3.69. The summed E-state index contributed by atoms with van der Waals surface area (Å²) in [5, 5.41) is 9.22. The topological polar surface area (TPSA) is 36.7 Å². The van der Waals surface area contributed by atoms with Crippen LogP contribution < -0.4 is 0 Å². The van der Waals surface area contributed by atoms with Gasteiger partial charge in [-0.15, -0.1) is 0 Å². The van der Waals surface area contributed by atoms with Gasteiger partial charge in [0.1, 0.15) is 0 Å². The Morgan fingerprint density at radius 1 is 1.18 bits per heavy atom. The summed E-state index contributed by atoms with van der Waals surface area (Å²) in [5.74, 6) is -0.141. The molecule has 0 radical (unpaired) electrons. The molecule has 0 spiro atoms. The van der Waals surface area contributed by atoms with Crippen LogP contribution in [0, 0.1) is 11.3 Å². The monoisotopic (exact) mass is 286 g/mol. The third-order valence-corrected chi connectivity index (χ3v) is 3.10.